The zero-order valence-corrected chi connectivity index (χ0v) is 15.7. The minimum Gasteiger partial charge on any atom is -0.492 e. The molecule has 1 fully saturated rings. The summed E-state index contributed by atoms with van der Waals surface area (Å²) in [5.41, 5.74) is 1.96. The molecule has 3 rings (SSSR count). The molecule has 0 atom stereocenters. The van der Waals surface area contributed by atoms with E-state index in [-0.39, 0.29) is 12.5 Å². The first-order valence-electron chi connectivity index (χ1n) is 8.24. The van der Waals surface area contributed by atoms with Crippen LogP contribution >= 0.6 is 23.5 Å². The Bertz CT molecular complexity index is 700. The average Bonchev–Trinajstić information content (AvgIpc) is 3.17. The van der Waals surface area contributed by atoms with Gasteiger partial charge in [0.2, 0.25) is 0 Å². The van der Waals surface area contributed by atoms with Crippen LogP contribution in [0.4, 0.5) is 5.69 Å². The SMILES string of the molecule is CCOc1ccccc1NC(=O)COc1ccc(C2SCCS2)cc1. The van der Waals surface area contributed by atoms with Crippen LogP contribution in [0.1, 0.15) is 17.1 Å². The topological polar surface area (TPSA) is 47.6 Å². The average molecular weight is 376 g/mol. The monoisotopic (exact) mass is 375 g/mol. The van der Waals surface area contributed by atoms with Crippen LogP contribution in [-0.4, -0.2) is 30.6 Å². The van der Waals surface area contributed by atoms with Crippen LogP contribution in [0.5, 0.6) is 11.5 Å². The smallest absolute Gasteiger partial charge is 0.262 e. The molecule has 0 aromatic heterocycles. The molecule has 2 aromatic carbocycles. The molecule has 0 radical (unpaired) electrons. The van der Waals surface area contributed by atoms with Crippen molar-refractivity contribution in [3.63, 3.8) is 0 Å². The second-order valence-electron chi connectivity index (χ2n) is 5.41. The van der Waals surface area contributed by atoms with Gasteiger partial charge in [-0.3, -0.25) is 4.79 Å². The highest BCUT2D eigenvalue weighted by Gasteiger charge is 2.18. The summed E-state index contributed by atoms with van der Waals surface area (Å²) in [4.78, 5) is 12.1. The van der Waals surface area contributed by atoms with Crippen molar-refractivity contribution in [3.8, 4) is 11.5 Å². The van der Waals surface area contributed by atoms with Crippen LogP contribution in [0.3, 0.4) is 0 Å². The Balaban J connectivity index is 1.52. The fraction of sp³-hybridized carbons (Fsp3) is 0.316. The van der Waals surface area contributed by atoms with E-state index in [4.69, 9.17) is 9.47 Å². The van der Waals surface area contributed by atoms with E-state index in [0.29, 0.717) is 28.4 Å². The molecule has 1 amide bonds. The molecule has 1 saturated heterocycles. The van der Waals surface area contributed by atoms with Crippen molar-refractivity contribution in [1.82, 2.24) is 0 Å². The zero-order valence-electron chi connectivity index (χ0n) is 14.1. The molecule has 4 nitrogen and oxygen atoms in total. The summed E-state index contributed by atoms with van der Waals surface area (Å²) in [6.07, 6.45) is 0. The molecule has 2 aromatic rings. The number of amides is 1. The van der Waals surface area contributed by atoms with Crippen molar-refractivity contribution in [1.29, 1.82) is 0 Å². The summed E-state index contributed by atoms with van der Waals surface area (Å²) in [6, 6.07) is 15.4. The van der Waals surface area contributed by atoms with Gasteiger partial charge in [-0.15, -0.1) is 23.5 Å². The predicted molar refractivity (Wildman–Crippen MR) is 106 cm³/mol. The van der Waals surface area contributed by atoms with Crippen LogP contribution in [0, 0.1) is 0 Å². The van der Waals surface area contributed by atoms with E-state index in [1.165, 1.54) is 17.1 Å². The molecule has 1 aliphatic rings. The van der Waals surface area contributed by atoms with Crippen molar-refractivity contribution >= 4 is 35.1 Å². The number of ether oxygens (including phenoxy) is 2. The van der Waals surface area contributed by atoms with E-state index in [9.17, 15) is 4.79 Å². The maximum atomic E-state index is 12.1. The molecule has 0 saturated carbocycles. The number of para-hydroxylation sites is 2. The number of rotatable bonds is 7. The van der Waals surface area contributed by atoms with Crippen LogP contribution in [-0.2, 0) is 4.79 Å². The molecule has 1 N–H and O–H groups in total. The van der Waals surface area contributed by atoms with Gasteiger partial charge in [-0.05, 0) is 36.8 Å². The highest BCUT2D eigenvalue weighted by atomic mass is 32.2. The molecule has 0 aliphatic carbocycles. The predicted octanol–water partition coefficient (Wildman–Crippen LogP) is 4.58. The van der Waals surface area contributed by atoms with Gasteiger partial charge in [-0.1, -0.05) is 24.3 Å². The highest BCUT2D eigenvalue weighted by Crippen LogP contribution is 2.45. The lowest BCUT2D eigenvalue weighted by atomic mass is 10.2. The van der Waals surface area contributed by atoms with Gasteiger partial charge in [-0.2, -0.15) is 0 Å². The van der Waals surface area contributed by atoms with Gasteiger partial charge < -0.3 is 14.8 Å². The summed E-state index contributed by atoms with van der Waals surface area (Å²) in [5.74, 6) is 3.56. The first-order valence-corrected chi connectivity index (χ1v) is 10.3. The number of benzene rings is 2. The van der Waals surface area contributed by atoms with Crippen LogP contribution in [0.15, 0.2) is 48.5 Å². The highest BCUT2D eigenvalue weighted by molar-refractivity contribution is 8.19. The van der Waals surface area contributed by atoms with Crippen molar-refractivity contribution in [2.75, 3.05) is 30.0 Å². The first kappa shape index (κ1) is 18.0. The first-order chi connectivity index (χ1) is 12.3. The molecule has 1 heterocycles. The maximum absolute atomic E-state index is 12.1. The second kappa shape index (κ2) is 9.06. The normalized spacial score (nSPS) is 14.3. The third kappa shape index (κ3) is 5.09. The lowest BCUT2D eigenvalue weighted by Crippen LogP contribution is -2.20. The molecule has 0 unspecified atom stereocenters. The quantitative estimate of drug-likeness (QED) is 0.767. The molecule has 25 heavy (non-hydrogen) atoms. The molecule has 1 aliphatic heterocycles. The van der Waals surface area contributed by atoms with E-state index >= 15 is 0 Å². The Morgan fingerprint density at radius 2 is 1.80 bits per heavy atom. The van der Waals surface area contributed by atoms with Crippen molar-refractivity contribution in [2.45, 2.75) is 11.5 Å². The largest absolute Gasteiger partial charge is 0.492 e. The van der Waals surface area contributed by atoms with Gasteiger partial charge in [0, 0.05) is 11.5 Å². The minimum absolute atomic E-state index is 0.0350. The summed E-state index contributed by atoms with van der Waals surface area (Å²) in [7, 11) is 0. The fourth-order valence-electron chi connectivity index (χ4n) is 2.46. The van der Waals surface area contributed by atoms with E-state index in [0.717, 1.165) is 0 Å². The van der Waals surface area contributed by atoms with E-state index in [2.05, 4.69) is 17.4 Å². The lowest BCUT2D eigenvalue weighted by Gasteiger charge is -2.12. The number of hydrogen-bond acceptors (Lipinski definition) is 5. The summed E-state index contributed by atoms with van der Waals surface area (Å²) >= 11 is 3.94. The Morgan fingerprint density at radius 1 is 1.08 bits per heavy atom. The number of hydrogen-bond donors (Lipinski definition) is 1. The van der Waals surface area contributed by atoms with Crippen molar-refractivity contribution < 1.29 is 14.3 Å². The van der Waals surface area contributed by atoms with Crippen molar-refractivity contribution in [3.05, 3.63) is 54.1 Å². The fourth-order valence-corrected chi connectivity index (χ4v) is 5.32. The van der Waals surface area contributed by atoms with Crippen LogP contribution in [0.25, 0.3) is 0 Å². The third-order valence-corrected chi connectivity index (χ3v) is 6.71. The number of thioether (sulfide) groups is 2. The molecular weight excluding hydrogens is 354 g/mol. The van der Waals surface area contributed by atoms with Gasteiger partial charge in [0.1, 0.15) is 11.5 Å². The number of carbonyl (C=O) groups excluding carboxylic acids is 1. The van der Waals surface area contributed by atoms with Gasteiger partial charge in [-0.25, -0.2) is 0 Å². The lowest BCUT2D eigenvalue weighted by molar-refractivity contribution is -0.118. The summed E-state index contributed by atoms with van der Waals surface area (Å²) in [6.45, 7) is 2.42. The Morgan fingerprint density at radius 3 is 2.52 bits per heavy atom. The summed E-state index contributed by atoms with van der Waals surface area (Å²) in [5, 5.41) is 2.83. The molecular formula is C19H21NO3S2. The second-order valence-corrected chi connectivity index (χ2v) is 8.13. The number of nitrogens with one attached hydrogen (secondary N) is 1. The van der Waals surface area contributed by atoms with Crippen molar-refractivity contribution in [2.24, 2.45) is 0 Å². The van der Waals surface area contributed by atoms with E-state index < -0.39 is 0 Å². The molecule has 6 heteroatoms. The molecule has 0 bridgehead atoms. The number of carbonyl (C=O) groups is 1. The van der Waals surface area contributed by atoms with Gasteiger partial charge >= 0.3 is 0 Å². The van der Waals surface area contributed by atoms with E-state index in [1.807, 2.05) is 66.8 Å². The summed E-state index contributed by atoms with van der Waals surface area (Å²) < 4.78 is 11.6. The third-order valence-electron chi connectivity index (χ3n) is 3.60. The standard InChI is InChI=1S/C19H21NO3S2/c1-2-22-17-6-4-3-5-16(17)20-18(21)13-23-15-9-7-14(8-10-15)19-24-11-12-25-19/h3-10,19H,2,11-13H2,1H3,(H,20,21). The van der Waals surface area contributed by atoms with Crippen LogP contribution in [0.2, 0.25) is 0 Å². The minimum atomic E-state index is -0.210. The van der Waals surface area contributed by atoms with Gasteiger partial charge in [0.05, 0.1) is 16.9 Å². The van der Waals surface area contributed by atoms with Gasteiger partial charge in [0.15, 0.2) is 6.61 Å². The molecule has 0 spiro atoms. The van der Waals surface area contributed by atoms with Crippen LogP contribution < -0.4 is 14.8 Å². The Labute approximate surface area is 156 Å². The number of anilines is 1. The molecule has 132 valence electrons. The zero-order chi connectivity index (χ0) is 17.5. The Kier molecular flexibility index (Phi) is 6.53. The van der Waals surface area contributed by atoms with Gasteiger partial charge in [0.25, 0.3) is 5.91 Å². The van der Waals surface area contributed by atoms with E-state index in [1.54, 1.807) is 0 Å². The Hall–Kier alpha value is -1.79. The maximum Gasteiger partial charge on any atom is 0.262 e.